The molecule has 21 heavy (non-hydrogen) atoms. The second-order valence-corrected chi connectivity index (χ2v) is 5.81. The van der Waals surface area contributed by atoms with Gasteiger partial charge in [0.1, 0.15) is 17.2 Å². The molecular weight excluding hydrogens is 340 g/mol. The van der Waals surface area contributed by atoms with E-state index < -0.39 is 23.1 Å². The minimum atomic E-state index is -0.872. The number of benzene rings is 2. The molecule has 0 heterocycles. The summed E-state index contributed by atoms with van der Waals surface area (Å²) in [6.45, 7) is 2.23. The van der Waals surface area contributed by atoms with Crippen molar-refractivity contribution in [3.63, 3.8) is 0 Å². The second-order valence-electron chi connectivity index (χ2n) is 4.89. The highest BCUT2D eigenvalue weighted by molar-refractivity contribution is 9.10. The summed E-state index contributed by atoms with van der Waals surface area (Å²) in [5.41, 5.74) is 1.44. The van der Waals surface area contributed by atoms with Crippen molar-refractivity contribution in [1.82, 2.24) is 4.90 Å². The third-order valence-electron chi connectivity index (χ3n) is 3.07. The Labute approximate surface area is 130 Å². The van der Waals surface area contributed by atoms with Crippen molar-refractivity contribution in [1.29, 1.82) is 0 Å². The first-order chi connectivity index (χ1) is 9.88. The number of carbonyl (C=O) groups is 1. The molecule has 0 fully saturated rings. The molecule has 1 amide bonds. The molecule has 0 unspecified atom stereocenters. The largest absolute Gasteiger partial charge is 0.337 e. The standard InChI is InChI=1S/C16H14BrF2NO/c1-10-4-3-5-11(6-10)9-20(2)16(21)15-13(18)7-12(17)8-14(15)19/h3-8H,9H2,1-2H3. The number of aryl methyl sites for hydroxylation is 1. The van der Waals surface area contributed by atoms with Crippen LogP contribution >= 0.6 is 15.9 Å². The first-order valence-corrected chi connectivity index (χ1v) is 7.13. The van der Waals surface area contributed by atoms with Crippen molar-refractivity contribution in [2.75, 3.05) is 7.05 Å². The van der Waals surface area contributed by atoms with Gasteiger partial charge in [0, 0.05) is 18.1 Å². The minimum Gasteiger partial charge on any atom is -0.337 e. The third-order valence-corrected chi connectivity index (χ3v) is 3.53. The lowest BCUT2D eigenvalue weighted by Crippen LogP contribution is -2.28. The summed E-state index contributed by atoms with van der Waals surface area (Å²) in [4.78, 5) is 13.5. The fourth-order valence-electron chi connectivity index (χ4n) is 2.09. The Bertz CT molecular complexity index is 665. The van der Waals surface area contributed by atoms with Gasteiger partial charge < -0.3 is 4.90 Å². The molecule has 0 aliphatic carbocycles. The fraction of sp³-hybridized carbons (Fsp3) is 0.188. The van der Waals surface area contributed by atoms with Gasteiger partial charge in [-0.15, -0.1) is 0 Å². The Morgan fingerprint density at radius 1 is 1.19 bits per heavy atom. The molecule has 0 aliphatic rings. The quantitative estimate of drug-likeness (QED) is 0.805. The van der Waals surface area contributed by atoms with E-state index in [0.717, 1.165) is 23.3 Å². The lowest BCUT2D eigenvalue weighted by Gasteiger charge is -2.18. The average Bonchev–Trinajstić information content (AvgIpc) is 2.37. The van der Waals surface area contributed by atoms with E-state index in [-0.39, 0.29) is 11.0 Å². The molecule has 0 N–H and O–H groups in total. The van der Waals surface area contributed by atoms with Gasteiger partial charge in [-0.3, -0.25) is 4.79 Å². The molecule has 0 radical (unpaired) electrons. The SMILES string of the molecule is Cc1cccc(CN(C)C(=O)c2c(F)cc(Br)cc2F)c1. The summed E-state index contributed by atoms with van der Waals surface area (Å²) in [7, 11) is 1.52. The highest BCUT2D eigenvalue weighted by Crippen LogP contribution is 2.21. The smallest absolute Gasteiger partial charge is 0.259 e. The topological polar surface area (TPSA) is 20.3 Å². The summed E-state index contributed by atoms with van der Waals surface area (Å²) >= 11 is 2.99. The average molecular weight is 354 g/mol. The molecule has 0 saturated carbocycles. The molecule has 0 aliphatic heterocycles. The normalized spacial score (nSPS) is 10.5. The van der Waals surface area contributed by atoms with Crippen molar-refractivity contribution in [3.8, 4) is 0 Å². The number of carbonyl (C=O) groups excluding carboxylic acids is 1. The number of halogens is 3. The fourth-order valence-corrected chi connectivity index (χ4v) is 2.50. The van der Waals surface area contributed by atoms with Gasteiger partial charge in [0.05, 0.1) is 0 Å². The van der Waals surface area contributed by atoms with E-state index in [1.807, 2.05) is 31.2 Å². The molecule has 0 bridgehead atoms. The van der Waals surface area contributed by atoms with Crippen molar-refractivity contribution in [3.05, 3.63) is 69.2 Å². The van der Waals surface area contributed by atoms with E-state index in [4.69, 9.17) is 0 Å². The Hall–Kier alpha value is -1.75. The minimum absolute atomic E-state index is 0.260. The van der Waals surface area contributed by atoms with Crippen molar-refractivity contribution in [2.24, 2.45) is 0 Å². The first kappa shape index (κ1) is 15.6. The molecule has 2 nitrogen and oxygen atoms in total. The van der Waals surface area contributed by atoms with Gasteiger partial charge in [0.2, 0.25) is 0 Å². The van der Waals surface area contributed by atoms with Crippen LogP contribution in [0.25, 0.3) is 0 Å². The molecule has 2 aromatic rings. The zero-order valence-corrected chi connectivity index (χ0v) is 13.2. The highest BCUT2D eigenvalue weighted by Gasteiger charge is 2.21. The van der Waals surface area contributed by atoms with Crippen LogP contribution in [0.1, 0.15) is 21.5 Å². The number of nitrogens with zero attached hydrogens (tertiary/aromatic N) is 1. The van der Waals surface area contributed by atoms with Crippen LogP contribution in [-0.4, -0.2) is 17.9 Å². The van der Waals surface area contributed by atoms with Gasteiger partial charge in [-0.2, -0.15) is 0 Å². The Morgan fingerprint density at radius 2 is 1.81 bits per heavy atom. The van der Waals surface area contributed by atoms with Crippen molar-refractivity contribution in [2.45, 2.75) is 13.5 Å². The number of hydrogen-bond donors (Lipinski definition) is 0. The van der Waals surface area contributed by atoms with Gasteiger partial charge in [0.15, 0.2) is 0 Å². The van der Waals surface area contributed by atoms with E-state index >= 15 is 0 Å². The molecule has 2 aromatic carbocycles. The predicted molar refractivity (Wildman–Crippen MR) is 81.0 cm³/mol. The van der Waals surface area contributed by atoms with E-state index in [1.54, 1.807) is 0 Å². The zero-order valence-electron chi connectivity index (χ0n) is 11.7. The molecule has 0 spiro atoms. The summed E-state index contributed by atoms with van der Waals surface area (Å²) in [6, 6.07) is 9.78. The Morgan fingerprint density at radius 3 is 2.38 bits per heavy atom. The van der Waals surface area contributed by atoms with Crippen LogP contribution in [0.4, 0.5) is 8.78 Å². The Balaban J connectivity index is 2.24. The molecule has 110 valence electrons. The number of amides is 1. The molecule has 0 aromatic heterocycles. The number of hydrogen-bond acceptors (Lipinski definition) is 1. The maximum absolute atomic E-state index is 13.8. The highest BCUT2D eigenvalue weighted by atomic mass is 79.9. The van der Waals surface area contributed by atoms with Crippen molar-refractivity contribution >= 4 is 21.8 Å². The lowest BCUT2D eigenvalue weighted by atomic mass is 10.1. The third kappa shape index (κ3) is 3.67. The van der Waals surface area contributed by atoms with Crippen LogP contribution < -0.4 is 0 Å². The summed E-state index contributed by atoms with van der Waals surface area (Å²) in [5, 5.41) is 0. The van der Waals surface area contributed by atoms with Crippen molar-refractivity contribution < 1.29 is 13.6 Å². The van der Waals surface area contributed by atoms with Gasteiger partial charge >= 0.3 is 0 Å². The van der Waals surface area contributed by atoms with Crippen LogP contribution in [-0.2, 0) is 6.54 Å². The first-order valence-electron chi connectivity index (χ1n) is 6.34. The molecule has 2 rings (SSSR count). The maximum Gasteiger partial charge on any atom is 0.259 e. The van der Waals surface area contributed by atoms with Gasteiger partial charge in [-0.05, 0) is 24.6 Å². The maximum atomic E-state index is 13.8. The molecule has 0 saturated heterocycles. The molecular formula is C16H14BrF2NO. The number of rotatable bonds is 3. The predicted octanol–water partition coefficient (Wildman–Crippen LogP) is 4.31. The molecule has 5 heteroatoms. The van der Waals surface area contributed by atoms with Gasteiger partial charge in [-0.1, -0.05) is 45.8 Å². The summed E-state index contributed by atoms with van der Waals surface area (Å²) in [5.74, 6) is -2.43. The van der Waals surface area contributed by atoms with E-state index in [1.165, 1.54) is 11.9 Å². The monoisotopic (exact) mass is 353 g/mol. The summed E-state index contributed by atoms with van der Waals surface area (Å²) < 4.78 is 27.9. The van der Waals surface area contributed by atoms with Crippen LogP contribution in [0.15, 0.2) is 40.9 Å². The Kier molecular flexibility index (Phi) is 4.73. The molecule has 0 atom stereocenters. The summed E-state index contributed by atoms with van der Waals surface area (Å²) in [6.07, 6.45) is 0. The van der Waals surface area contributed by atoms with Crippen LogP contribution in [0.3, 0.4) is 0 Å². The lowest BCUT2D eigenvalue weighted by molar-refractivity contribution is 0.0775. The zero-order chi connectivity index (χ0) is 15.6. The van der Waals surface area contributed by atoms with Gasteiger partial charge in [-0.25, -0.2) is 8.78 Å². The van der Waals surface area contributed by atoms with Gasteiger partial charge in [0.25, 0.3) is 5.91 Å². The van der Waals surface area contributed by atoms with Crippen LogP contribution in [0.2, 0.25) is 0 Å². The second kappa shape index (κ2) is 6.35. The van der Waals surface area contributed by atoms with Crippen LogP contribution in [0, 0.1) is 18.6 Å². The van der Waals surface area contributed by atoms with E-state index in [9.17, 15) is 13.6 Å². The van der Waals surface area contributed by atoms with Crippen LogP contribution in [0.5, 0.6) is 0 Å². The van der Waals surface area contributed by atoms with E-state index in [2.05, 4.69) is 15.9 Å². The van der Waals surface area contributed by atoms with E-state index in [0.29, 0.717) is 0 Å².